The number of non-ortho nitro benzene ring substituents is 1. The number of esters is 1. The second kappa shape index (κ2) is 6.60. The maximum absolute atomic E-state index is 11.0. The van der Waals surface area contributed by atoms with Crippen molar-refractivity contribution in [1.82, 2.24) is 10.1 Å². The highest BCUT2D eigenvalue weighted by Gasteiger charge is 2.11. The number of ether oxygens (including phenoxy) is 1. The largest absolute Gasteiger partial charge is 0.469 e. The van der Waals surface area contributed by atoms with Gasteiger partial charge in [0, 0.05) is 30.5 Å². The first kappa shape index (κ1) is 14.6. The average Bonchev–Trinajstić information content (AvgIpc) is 2.96. The topological polar surface area (TPSA) is 108 Å². The number of carbonyl (C=O) groups is 1. The Morgan fingerprint density at radius 2 is 2.10 bits per heavy atom. The van der Waals surface area contributed by atoms with Gasteiger partial charge in [0.1, 0.15) is 0 Å². The molecule has 8 heteroatoms. The Bertz CT molecular complexity index is 636. The van der Waals surface area contributed by atoms with Gasteiger partial charge in [-0.3, -0.25) is 14.9 Å². The van der Waals surface area contributed by atoms with Gasteiger partial charge in [0.2, 0.25) is 11.7 Å². The number of carbonyl (C=O) groups excluding carboxylic acids is 1. The molecule has 0 radical (unpaired) electrons. The lowest BCUT2D eigenvalue weighted by Gasteiger charge is -1.95. The molecule has 110 valence electrons. The SMILES string of the molecule is COC(=O)CCCc1nc(-c2ccc([N+](=O)[O-])cc2)no1. The van der Waals surface area contributed by atoms with Crippen LogP contribution >= 0.6 is 0 Å². The molecule has 1 aromatic heterocycles. The number of hydrogen-bond acceptors (Lipinski definition) is 7. The zero-order chi connectivity index (χ0) is 15.2. The molecule has 0 aliphatic rings. The number of rotatable bonds is 6. The third-order valence-electron chi connectivity index (χ3n) is 2.80. The van der Waals surface area contributed by atoms with Crippen LogP contribution in [-0.4, -0.2) is 28.1 Å². The molecule has 0 bridgehead atoms. The van der Waals surface area contributed by atoms with Gasteiger partial charge in [0.05, 0.1) is 12.0 Å². The molecule has 2 rings (SSSR count). The van der Waals surface area contributed by atoms with E-state index in [2.05, 4.69) is 14.9 Å². The Kier molecular flexibility index (Phi) is 4.60. The van der Waals surface area contributed by atoms with Crippen LogP contribution in [0.15, 0.2) is 28.8 Å². The van der Waals surface area contributed by atoms with Crippen LogP contribution in [0.25, 0.3) is 11.4 Å². The van der Waals surface area contributed by atoms with Gasteiger partial charge in [-0.25, -0.2) is 0 Å². The highest BCUT2D eigenvalue weighted by molar-refractivity contribution is 5.69. The first-order chi connectivity index (χ1) is 10.1. The number of nitrogens with zero attached hydrogens (tertiary/aromatic N) is 3. The van der Waals surface area contributed by atoms with Crippen molar-refractivity contribution < 1.29 is 19.0 Å². The zero-order valence-electron chi connectivity index (χ0n) is 11.3. The van der Waals surface area contributed by atoms with Crippen molar-refractivity contribution in [2.75, 3.05) is 7.11 Å². The lowest BCUT2D eigenvalue weighted by atomic mass is 10.2. The molecule has 1 aromatic carbocycles. The second-order valence-corrected chi connectivity index (χ2v) is 4.25. The molecule has 0 atom stereocenters. The Hall–Kier alpha value is -2.77. The van der Waals surface area contributed by atoms with E-state index < -0.39 is 4.92 Å². The Morgan fingerprint density at radius 3 is 2.71 bits per heavy atom. The van der Waals surface area contributed by atoms with Crippen molar-refractivity contribution in [2.24, 2.45) is 0 Å². The number of hydrogen-bond donors (Lipinski definition) is 0. The van der Waals surface area contributed by atoms with Crippen LogP contribution < -0.4 is 0 Å². The minimum Gasteiger partial charge on any atom is -0.469 e. The van der Waals surface area contributed by atoms with E-state index in [4.69, 9.17) is 4.52 Å². The van der Waals surface area contributed by atoms with Crippen molar-refractivity contribution in [2.45, 2.75) is 19.3 Å². The predicted octanol–water partition coefficient (Wildman–Crippen LogP) is 2.14. The molecule has 0 unspecified atom stereocenters. The lowest BCUT2D eigenvalue weighted by molar-refractivity contribution is -0.384. The summed E-state index contributed by atoms with van der Waals surface area (Å²) in [5, 5.41) is 14.4. The van der Waals surface area contributed by atoms with Crippen LogP contribution in [0.4, 0.5) is 5.69 Å². The molecule has 0 N–H and O–H groups in total. The van der Waals surface area contributed by atoms with E-state index in [0.29, 0.717) is 30.1 Å². The molecular weight excluding hydrogens is 278 g/mol. The number of methoxy groups -OCH3 is 1. The number of aryl methyl sites for hydroxylation is 1. The molecule has 2 aromatic rings. The molecule has 21 heavy (non-hydrogen) atoms. The highest BCUT2D eigenvalue weighted by Crippen LogP contribution is 2.20. The van der Waals surface area contributed by atoms with Gasteiger partial charge in [-0.2, -0.15) is 4.98 Å². The smallest absolute Gasteiger partial charge is 0.305 e. The highest BCUT2D eigenvalue weighted by atomic mass is 16.6. The quantitative estimate of drug-likeness (QED) is 0.455. The summed E-state index contributed by atoms with van der Waals surface area (Å²) in [4.78, 5) is 25.2. The summed E-state index contributed by atoms with van der Waals surface area (Å²) in [6.45, 7) is 0. The molecule has 0 saturated heterocycles. The third-order valence-corrected chi connectivity index (χ3v) is 2.80. The van der Waals surface area contributed by atoms with E-state index in [9.17, 15) is 14.9 Å². The minimum absolute atomic E-state index is 0.000506. The zero-order valence-corrected chi connectivity index (χ0v) is 11.3. The first-order valence-electron chi connectivity index (χ1n) is 6.24. The Labute approximate surface area is 119 Å². The number of nitro benzene ring substituents is 1. The van der Waals surface area contributed by atoms with Gasteiger partial charge in [0.25, 0.3) is 5.69 Å². The van der Waals surface area contributed by atoms with Gasteiger partial charge in [-0.15, -0.1) is 0 Å². The molecule has 0 saturated carbocycles. The number of benzene rings is 1. The maximum Gasteiger partial charge on any atom is 0.305 e. The molecule has 0 spiro atoms. The fraction of sp³-hybridized carbons (Fsp3) is 0.308. The van der Waals surface area contributed by atoms with E-state index in [0.717, 1.165) is 0 Å². The Morgan fingerprint density at radius 1 is 1.38 bits per heavy atom. The molecule has 0 aliphatic carbocycles. The lowest BCUT2D eigenvalue weighted by Crippen LogP contribution is -2.00. The van der Waals surface area contributed by atoms with Crippen LogP contribution in [0.2, 0.25) is 0 Å². The first-order valence-corrected chi connectivity index (χ1v) is 6.24. The van der Waals surface area contributed by atoms with Gasteiger partial charge in [-0.05, 0) is 18.6 Å². The van der Waals surface area contributed by atoms with Gasteiger partial charge >= 0.3 is 5.97 Å². The second-order valence-electron chi connectivity index (χ2n) is 4.25. The van der Waals surface area contributed by atoms with Crippen LogP contribution in [0, 0.1) is 10.1 Å². The molecule has 0 aliphatic heterocycles. The minimum atomic E-state index is -0.474. The standard InChI is InChI=1S/C13H13N3O5/c1-20-12(17)4-2-3-11-14-13(15-21-11)9-5-7-10(8-6-9)16(18)19/h5-8H,2-4H2,1H3. The summed E-state index contributed by atoms with van der Waals surface area (Å²) in [6, 6.07) is 5.87. The van der Waals surface area contributed by atoms with Crippen molar-refractivity contribution >= 4 is 11.7 Å². The third kappa shape index (κ3) is 3.85. The average molecular weight is 291 g/mol. The van der Waals surface area contributed by atoms with Crippen LogP contribution in [0.1, 0.15) is 18.7 Å². The van der Waals surface area contributed by atoms with Crippen LogP contribution in [-0.2, 0) is 16.0 Å². The molecular formula is C13H13N3O5. The summed E-state index contributed by atoms with van der Waals surface area (Å²) >= 11 is 0. The van der Waals surface area contributed by atoms with E-state index >= 15 is 0 Å². The summed E-state index contributed by atoms with van der Waals surface area (Å²) in [7, 11) is 1.34. The fourth-order valence-corrected chi connectivity index (χ4v) is 1.69. The van der Waals surface area contributed by atoms with Crippen molar-refractivity contribution in [3.63, 3.8) is 0 Å². The van der Waals surface area contributed by atoms with Crippen molar-refractivity contribution in [3.05, 3.63) is 40.3 Å². The Balaban J connectivity index is 1.99. The van der Waals surface area contributed by atoms with Gasteiger partial charge < -0.3 is 9.26 Å². The number of aromatic nitrogens is 2. The normalized spacial score (nSPS) is 10.3. The van der Waals surface area contributed by atoms with E-state index in [1.54, 1.807) is 12.1 Å². The molecule has 1 heterocycles. The molecule has 0 fully saturated rings. The van der Waals surface area contributed by atoms with Crippen molar-refractivity contribution in [1.29, 1.82) is 0 Å². The monoisotopic (exact) mass is 291 g/mol. The molecule has 0 amide bonds. The predicted molar refractivity (Wildman–Crippen MR) is 71.3 cm³/mol. The van der Waals surface area contributed by atoms with Gasteiger partial charge in [-0.1, -0.05) is 5.16 Å². The summed E-state index contributed by atoms with van der Waals surface area (Å²) in [5.41, 5.74) is 0.629. The van der Waals surface area contributed by atoms with Crippen LogP contribution in [0.5, 0.6) is 0 Å². The van der Waals surface area contributed by atoms with E-state index in [-0.39, 0.29) is 18.1 Å². The fourth-order valence-electron chi connectivity index (χ4n) is 1.69. The summed E-state index contributed by atoms with van der Waals surface area (Å²) in [5.74, 6) is 0.482. The summed E-state index contributed by atoms with van der Waals surface area (Å²) in [6.07, 6.45) is 1.30. The van der Waals surface area contributed by atoms with Crippen molar-refractivity contribution in [3.8, 4) is 11.4 Å². The maximum atomic E-state index is 11.0. The molecule has 8 nitrogen and oxygen atoms in total. The van der Waals surface area contributed by atoms with E-state index in [1.165, 1.54) is 19.2 Å². The van der Waals surface area contributed by atoms with Crippen LogP contribution in [0.3, 0.4) is 0 Å². The van der Waals surface area contributed by atoms with Gasteiger partial charge in [0.15, 0.2) is 0 Å². The number of nitro groups is 1. The van der Waals surface area contributed by atoms with E-state index in [1.807, 2.05) is 0 Å². The summed E-state index contributed by atoms with van der Waals surface area (Å²) < 4.78 is 9.60.